The van der Waals surface area contributed by atoms with Gasteiger partial charge in [0.2, 0.25) is 0 Å². The van der Waals surface area contributed by atoms with Crippen molar-refractivity contribution in [3.05, 3.63) is 53.6 Å². The number of aromatic nitrogens is 2. The van der Waals surface area contributed by atoms with E-state index >= 15 is 0 Å². The summed E-state index contributed by atoms with van der Waals surface area (Å²) in [6.45, 7) is 5.26. The zero-order valence-corrected chi connectivity index (χ0v) is 10.4. The summed E-state index contributed by atoms with van der Waals surface area (Å²) in [7, 11) is 0. The van der Waals surface area contributed by atoms with Gasteiger partial charge in [-0.25, -0.2) is 4.98 Å². The predicted molar refractivity (Wildman–Crippen MR) is 69.9 cm³/mol. The molecule has 90 valence electrons. The molecule has 0 aliphatic heterocycles. The third-order valence-electron chi connectivity index (χ3n) is 2.98. The second-order valence-electron chi connectivity index (χ2n) is 4.41. The van der Waals surface area contributed by atoms with Crippen LogP contribution >= 0.6 is 0 Å². The van der Waals surface area contributed by atoms with Gasteiger partial charge in [-0.3, -0.25) is 0 Å². The van der Waals surface area contributed by atoms with Crippen molar-refractivity contribution >= 4 is 0 Å². The van der Waals surface area contributed by atoms with Crippen LogP contribution in [0.3, 0.4) is 0 Å². The number of H-pyrrole nitrogens is 1. The first-order valence-corrected chi connectivity index (χ1v) is 6.03. The molecule has 1 unspecified atom stereocenters. The van der Waals surface area contributed by atoms with Gasteiger partial charge in [-0.1, -0.05) is 29.8 Å². The number of nitrogens with one attached hydrogen (secondary N) is 2. The highest BCUT2D eigenvalue weighted by Crippen LogP contribution is 2.12. The van der Waals surface area contributed by atoms with E-state index in [0.717, 1.165) is 13.0 Å². The van der Waals surface area contributed by atoms with Gasteiger partial charge in [0.15, 0.2) is 0 Å². The maximum Gasteiger partial charge on any atom is 0.0921 e. The highest BCUT2D eigenvalue weighted by molar-refractivity contribution is 5.23. The lowest BCUT2D eigenvalue weighted by Gasteiger charge is -2.14. The molecule has 17 heavy (non-hydrogen) atoms. The van der Waals surface area contributed by atoms with E-state index < -0.39 is 0 Å². The molecule has 0 aliphatic carbocycles. The quantitative estimate of drug-likeness (QED) is 0.827. The number of rotatable bonds is 5. The molecule has 3 heteroatoms. The molecule has 2 N–H and O–H groups in total. The van der Waals surface area contributed by atoms with E-state index in [1.165, 1.54) is 16.8 Å². The second kappa shape index (κ2) is 5.64. The van der Waals surface area contributed by atoms with Crippen LogP contribution in [0.2, 0.25) is 0 Å². The maximum atomic E-state index is 4.00. The Morgan fingerprint density at radius 3 is 2.71 bits per heavy atom. The molecule has 0 saturated carbocycles. The summed E-state index contributed by atoms with van der Waals surface area (Å²) in [4.78, 5) is 7.11. The van der Waals surface area contributed by atoms with E-state index in [2.05, 4.69) is 53.4 Å². The number of aromatic amines is 1. The van der Waals surface area contributed by atoms with Gasteiger partial charge in [-0.15, -0.1) is 0 Å². The van der Waals surface area contributed by atoms with Gasteiger partial charge in [-0.05, 0) is 19.4 Å². The Labute approximate surface area is 102 Å². The van der Waals surface area contributed by atoms with Gasteiger partial charge in [0, 0.05) is 30.9 Å². The predicted octanol–water partition coefficient (Wildman–Crippen LogP) is 2.61. The molecule has 2 rings (SSSR count). The first-order chi connectivity index (χ1) is 8.25. The molecule has 1 aromatic heterocycles. The van der Waals surface area contributed by atoms with Gasteiger partial charge in [0.05, 0.1) is 6.33 Å². The summed E-state index contributed by atoms with van der Waals surface area (Å²) in [5.41, 5.74) is 3.81. The highest BCUT2D eigenvalue weighted by atomic mass is 14.9. The van der Waals surface area contributed by atoms with Crippen molar-refractivity contribution in [3.8, 4) is 0 Å². The minimum atomic E-state index is 0.388. The normalized spacial score (nSPS) is 12.6. The first-order valence-electron chi connectivity index (χ1n) is 6.03. The maximum absolute atomic E-state index is 4.00. The number of hydrogen-bond acceptors (Lipinski definition) is 2. The Bertz CT molecular complexity index is 431. The van der Waals surface area contributed by atoms with Crippen molar-refractivity contribution in [2.24, 2.45) is 0 Å². The van der Waals surface area contributed by atoms with Gasteiger partial charge < -0.3 is 10.3 Å². The Morgan fingerprint density at radius 1 is 1.29 bits per heavy atom. The number of benzene rings is 1. The molecule has 0 fully saturated rings. The first kappa shape index (κ1) is 11.9. The molecule has 1 heterocycles. The molecular formula is C14H19N3. The third-order valence-corrected chi connectivity index (χ3v) is 2.98. The fourth-order valence-electron chi connectivity index (χ4n) is 1.82. The summed E-state index contributed by atoms with van der Waals surface area (Å²) in [6.07, 6.45) is 4.58. The second-order valence-corrected chi connectivity index (χ2v) is 4.41. The lowest BCUT2D eigenvalue weighted by molar-refractivity contribution is 0.574. The topological polar surface area (TPSA) is 40.7 Å². The molecular weight excluding hydrogens is 210 g/mol. The van der Waals surface area contributed by atoms with Gasteiger partial charge in [0.25, 0.3) is 0 Å². The number of hydrogen-bond donors (Lipinski definition) is 2. The molecule has 0 spiro atoms. The average Bonchev–Trinajstić information content (AvgIpc) is 2.83. The monoisotopic (exact) mass is 229 g/mol. The molecule has 2 aromatic rings. The summed E-state index contributed by atoms with van der Waals surface area (Å²) in [6, 6.07) is 9.07. The molecule has 1 aromatic carbocycles. The lowest BCUT2D eigenvalue weighted by Crippen LogP contribution is -2.21. The summed E-state index contributed by atoms with van der Waals surface area (Å²) >= 11 is 0. The fourth-order valence-corrected chi connectivity index (χ4v) is 1.82. The van der Waals surface area contributed by atoms with Crippen molar-refractivity contribution in [2.45, 2.75) is 26.3 Å². The summed E-state index contributed by atoms with van der Waals surface area (Å²) in [5.74, 6) is 0. The SMILES string of the molecule is Cc1ccc(C(C)NCCc2cnc[nH]2)cc1. The van der Waals surface area contributed by atoms with Crippen molar-refractivity contribution in [2.75, 3.05) is 6.54 Å². The van der Waals surface area contributed by atoms with E-state index in [-0.39, 0.29) is 0 Å². The molecule has 0 saturated heterocycles. The molecule has 3 nitrogen and oxygen atoms in total. The van der Waals surface area contributed by atoms with Gasteiger partial charge in [0.1, 0.15) is 0 Å². The van der Waals surface area contributed by atoms with Crippen LogP contribution in [0.25, 0.3) is 0 Å². The van der Waals surface area contributed by atoms with Crippen molar-refractivity contribution in [3.63, 3.8) is 0 Å². The van der Waals surface area contributed by atoms with E-state index in [1.807, 2.05) is 6.20 Å². The van der Waals surface area contributed by atoms with Crippen LogP contribution in [0.15, 0.2) is 36.8 Å². The van der Waals surface area contributed by atoms with Crippen LogP contribution in [0.4, 0.5) is 0 Å². The zero-order chi connectivity index (χ0) is 12.1. The highest BCUT2D eigenvalue weighted by Gasteiger charge is 2.03. The number of aryl methyl sites for hydroxylation is 1. The Kier molecular flexibility index (Phi) is 3.94. The molecule has 0 bridgehead atoms. The number of imidazole rings is 1. The minimum Gasteiger partial charge on any atom is -0.348 e. The van der Waals surface area contributed by atoms with E-state index in [0.29, 0.717) is 6.04 Å². The minimum absolute atomic E-state index is 0.388. The fraction of sp³-hybridized carbons (Fsp3) is 0.357. The Hall–Kier alpha value is -1.61. The largest absolute Gasteiger partial charge is 0.348 e. The van der Waals surface area contributed by atoms with Crippen LogP contribution < -0.4 is 5.32 Å². The van der Waals surface area contributed by atoms with Crippen LogP contribution in [0, 0.1) is 6.92 Å². The molecule has 1 atom stereocenters. The third kappa shape index (κ3) is 3.43. The summed E-state index contributed by atoms with van der Waals surface area (Å²) < 4.78 is 0. The van der Waals surface area contributed by atoms with Crippen LogP contribution in [-0.4, -0.2) is 16.5 Å². The van der Waals surface area contributed by atoms with E-state index in [4.69, 9.17) is 0 Å². The van der Waals surface area contributed by atoms with Crippen molar-refractivity contribution in [1.29, 1.82) is 0 Å². The smallest absolute Gasteiger partial charge is 0.0921 e. The summed E-state index contributed by atoms with van der Waals surface area (Å²) in [5, 5.41) is 3.51. The Morgan fingerprint density at radius 2 is 2.06 bits per heavy atom. The van der Waals surface area contributed by atoms with Gasteiger partial charge >= 0.3 is 0 Å². The number of nitrogens with zero attached hydrogens (tertiary/aromatic N) is 1. The molecule has 0 amide bonds. The van der Waals surface area contributed by atoms with Crippen LogP contribution in [-0.2, 0) is 6.42 Å². The Balaban J connectivity index is 1.81. The standard InChI is InChI=1S/C14H19N3/c1-11-3-5-13(6-4-11)12(2)16-8-7-14-9-15-10-17-14/h3-6,9-10,12,16H,7-8H2,1-2H3,(H,15,17). The van der Waals surface area contributed by atoms with Gasteiger partial charge in [-0.2, -0.15) is 0 Å². The molecule has 0 radical (unpaired) electrons. The average molecular weight is 229 g/mol. The zero-order valence-electron chi connectivity index (χ0n) is 10.4. The van der Waals surface area contributed by atoms with E-state index in [1.54, 1.807) is 6.33 Å². The van der Waals surface area contributed by atoms with Crippen molar-refractivity contribution in [1.82, 2.24) is 15.3 Å². The van der Waals surface area contributed by atoms with Crippen LogP contribution in [0.5, 0.6) is 0 Å². The molecule has 0 aliphatic rings. The van der Waals surface area contributed by atoms with Crippen LogP contribution in [0.1, 0.15) is 29.8 Å². The van der Waals surface area contributed by atoms with E-state index in [9.17, 15) is 0 Å². The van der Waals surface area contributed by atoms with Crippen molar-refractivity contribution < 1.29 is 0 Å². The lowest BCUT2D eigenvalue weighted by atomic mass is 10.1.